The molecule has 70 heavy (non-hydrogen) atoms. The van der Waals surface area contributed by atoms with Gasteiger partial charge in [-0.05, 0) is 115 Å². The summed E-state index contributed by atoms with van der Waals surface area (Å²) < 4.78 is 48.9. The highest BCUT2D eigenvalue weighted by molar-refractivity contribution is 5.90. The molecule has 1 unspecified atom stereocenters. The van der Waals surface area contributed by atoms with Crippen LogP contribution in [0.2, 0.25) is 0 Å². The third kappa shape index (κ3) is 8.02. The summed E-state index contributed by atoms with van der Waals surface area (Å²) in [6.45, 7) is 1.49. The number of methoxy groups -OCH3 is 2. The number of H-pyrrole nitrogens is 2. The number of halogens is 2. The average Bonchev–Trinajstić information content (AvgIpc) is 4.26. The number of alkyl halides is 2. The maximum absolute atomic E-state index is 16.8. The summed E-state index contributed by atoms with van der Waals surface area (Å²) in [5.74, 6) is -2.43. The maximum atomic E-state index is 16.8. The van der Waals surface area contributed by atoms with E-state index in [0.717, 1.165) is 43.2 Å². The predicted octanol–water partition coefficient (Wildman–Crippen LogP) is 9.09. The van der Waals surface area contributed by atoms with Gasteiger partial charge < -0.3 is 44.6 Å². The number of likely N-dealkylation sites (tertiary alicyclic amines) is 2. The molecule has 362 valence electrons. The fourth-order valence-electron chi connectivity index (χ4n) is 11.8. The zero-order valence-electron chi connectivity index (χ0n) is 38.9. The molecule has 6 atom stereocenters. The average molecular weight is 953 g/mol. The molecule has 2 aromatic heterocycles. The number of benzene rings is 4. The Labute approximate surface area is 402 Å². The number of amides is 4. The molecule has 3 saturated heterocycles. The monoisotopic (exact) mass is 952 g/mol. The zero-order chi connectivity index (χ0) is 48.3. The van der Waals surface area contributed by atoms with Crippen molar-refractivity contribution < 1.29 is 42.2 Å². The van der Waals surface area contributed by atoms with E-state index in [4.69, 9.17) is 19.2 Å². The van der Waals surface area contributed by atoms with Crippen LogP contribution in [0.5, 0.6) is 0 Å². The van der Waals surface area contributed by atoms with E-state index in [1.165, 1.54) is 20.3 Å². The molecule has 5 heterocycles. The van der Waals surface area contributed by atoms with Crippen LogP contribution in [-0.2, 0) is 29.7 Å². The first-order chi connectivity index (χ1) is 34.0. The topological polar surface area (TPSA) is 184 Å². The Bertz CT molecular complexity index is 2990. The summed E-state index contributed by atoms with van der Waals surface area (Å²) in [6.07, 6.45) is 6.49. The largest absolute Gasteiger partial charge is 0.453 e. The Kier molecular flexibility index (Phi) is 11.9. The third-order valence-electron chi connectivity index (χ3n) is 15.3. The minimum Gasteiger partial charge on any atom is -0.453 e. The van der Waals surface area contributed by atoms with E-state index in [2.05, 4.69) is 25.6 Å². The standard InChI is InChI=1S/C53H54F2N8O7/c1-68-51(66)60-44(29-8-4-3-5-9-29)49(64)62-21-7-6-10-43(62)47-56-28-42(59-47)33-13-17-37-36-16-12-31(25-38(36)53(54,55)39(37)26-33)32-14-18-40-41(27-32)58-48(57-40)46-34-11-15-35(24-34)63(46)50(65)45(61-52(67)69-2)30-19-22-70-23-20-30/h3-5,8-9,12-14,16-18,25-28,30,34-35,43-46H,6-7,10-11,15,19-24H2,1-2H3,(H,56,59)(H,57,58)(H,60,66)(H,61,67)/t34-,35+,43?,44+,45-,46-/m0/s1. The van der Waals surface area contributed by atoms with Gasteiger partial charge in [0, 0.05) is 42.5 Å². The Morgan fingerprint density at radius 1 is 0.771 bits per heavy atom. The SMILES string of the molecule is COC(=O)N[C@H](C(=O)N1[C@@H]2CC[C@@H](C2)[C@H]1c1nc2ccc(-c3ccc4c(c3)C(F)(F)c3cc(-c5cnc(C6CCCCN6C(=O)[C@H](NC(=O)OC)c6ccccc6)[nH]5)ccc3-4)cc2[nH]1)C1CCOCC1. The van der Waals surface area contributed by atoms with Crippen LogP contribution < -0.4 is 10.6 Å². The second kappa shape index (κ2) is 18.3. The van der Waals surface area contributed by atoms with E-state index < -0.39 is 36.2 Å². The number of ether oxygens (including phenoxy) is 3. The van der Waals surface area contributed by atoms with Crippen LogP contribution in [0.25, 0.3) is 44.5 Å². The van der Waals surface area contributed by atoms with Crippen LogP contribution >= 0.6 is 0 Å². The van der Waals surface area contributed by atoms with E-state index in [-0.39, 0.29) is 46.9 Å². The van der Waals surface area contributed by atoms with Gasteiger partial charge in [-0.2, -0.15) is 8.78 Å². The van der Waals surface area contributed by atoms with E-state index >= 15 is 8.78 Å². The van der Waals surface area contributed by atoms with Crippen LogP contribution in [-0.4, -0.2) is 99.8 Å². The summed E-state index contributed by atoms with van der Waals surface area (Å²) in [6, 6.07) is 22.5. The minimum atomic E-state index is -3.31. The summed E-state index contributed by atoms with van der Waals surface area (Å²) in [5.41, 5.74) is 5.17. The Morgan fingerprint density at radius 2 is 1.47 bits per heavy atom. The summed E-state index contributed by atoms with van der Waals surface area (Å²) >= 11 is 0. The number of carbonyl (C=O) groups is 4. The second-order valence-electron chi connectivity index (χ2n) is 19.1. The van der Waals surface area contributed by atoms with Gasteiger partial charge in [0.1, 0.15) is 23.7 Å². The number of fused-ring (bicyclic) bond motifs is 6. The highest BCUT2D eigenvalue weighted by atomic mass is 19.3. The molecular formula is C53H54F2N8O7. The number of piperidine rings is 2. The highest BCUT2D eigenvalue weighted by Gasteiger charge is 2.52. The molecule has 3 aliphatic heterocycles. The molecular weight excluding hydrogens is 899 g/mol. The number of nitrogens with one attached hydrogen (secondary N) is 4. The molecule has 4 fully saturated rings. The number of imidazole rings is 2. The third-order valence-corrected chi connectivity index (χ3v) is 15.3. The van der Waals surface area contributed by atoms with Crippen LogP contribution in [0, 0.1) is 11.8 Å². The molecule has 6 aromatic rings. The smallest absolute Gasteiger partial charge is 0.407 e. The van der Waals surface area contributed by atoms with Gasteiger partial charge in [0.15, 0.2) is 0 Å². The lowest BCUT2D eigenvalue weighted by atomic mass is 9.89. The Balaban J connectivity index is 0.834. The van der Waals surface area contributed by atoms with Crippen LogP contribution in [0.1, 0.15) is 97.8 Å². The molecule has 4 amide bonds. The number of aromatic nitrogens is 4. The van der Waals surface area contributed by atoms with Gasteiger partial charge in [-0.1, -0.05) is 60.7 Å². The van der Waals surface area contributed by atoms with E-state index in [1.54, 1.807) is 59.6 Å². The summed E-state index contributed by atoms with van der Waals surface area (Å²) in [5, 5.41) is 5.54. The predicted molar refractivity (Wildman–Crippen MR) is 254 cm³/mol. The summed E-state index contributed by atoms with van der Waals surface area (Å²) in [7, 11) is 2.54. The molecule has 5 aliphatic rings. The number of alkyl carbamates (subject to hydrolysis) is 2. The van der Waals surface area contributed by atoms with Gasteiger partial charge in [0.25, 0.3) is 11.8 Å². The molecule has 0 radical (unpaired) electrons. The molecule has 1 saturated carbocycles. The van der Waals surface area contributed by atoms with Crippen molar-refractivity contribution in [3.05, 3.63) is 119 Å². The molecule has 11 rings (SSSR count). The molecule has 15 nitrogen and oxygen atoms in total. The van der Waals surface area contributed by atoms with Crippen molar-refractivity contribution in [3.63, 3.8) is 0 Å². The molecule has 4 aromatic carbocycles. The summed E-state index contributed by atoms with van der Waals surface area (Å²) in [4.78, 5) is 73.8. The van der Waals surface area contributed by atoms with Crippen LogP contribution in [0.4, 0.5) is 18.4 Å². The number of carbonyl (C=O) groups excluding carboxylic acids is 4. The number of nitrogens with zero attached hydrogens (tertiary/aromatic N) is 4. The fourth-order valence-corrected chi connectivity index (χ4v) is 11.8. The first kappa shape index (κ1) is 45.3. The Hall–Kier alpha value is -7.14. The van der Waals surface area contributed by atoms with Gasteiger partial charge >= 0.3 is 12.2 Å². The van der Waals surface area contributed by atoms with Crippen molar-refractivity contribution in [2.45, 2.75) is 87.5 Å². The van der Waals surface area contributed by atoms with Gasteiger partial charge in [0.05, 0.1) is 49.2 Å². The van der Waals surface area contributed by atoms with E-state index in [9.17, 15) is 19.2 Å². The fraction of sp³-hybridized carbons (Fsp3) is 0.396. The number of rotatable bonds is 10. The lowest BCUT2D eigenvalue weighted by Crippen LogP contribution is -2.55. The van der Waals surface area contributed by atoms with Gasteiger partial charge in [-0.15, -0.1) is 0 Å². The minimum absolute atomic E-state index is 0.0286. The molecule has 4 N–H and O–H groups in total. The van der Waals surface area contributed by atoms with E-state index in [1.807, 2.05) is 35.2 Å². The molecule has 0 spiro atoms. The number of hydrogen-bond donors (Lipinski definition) is 4. The molecule has 17 heteroatoms. The van der Waals surface area contributed by atoms with Crippen molar-refractivity contribution in [2.75, 3.05) is 34.0 Å². The number of hydrogen-bond acceptors (Lipinski definition) is 9. The number of aromatic amines is 2. The quantitative estimate of drug-likeness (QED) is 0.104. The van der Waals surface area contributed by atoms with Crippen molar-refractivity contribution >= 4 is 35.0 Å². The van der Waals surface area contributed by atoms with Crippen LogP contribution in [0.3, 0.4) is 0 Å². The first-order valence-corrected chi connectivity index (χ1v) is 24.2. The second-order valence-corrected chi connectivity index (χ2v) is 19.1. The lowest BCUT2D eigenvalue weighted by Gasteiger charge is -2.39. The van der Waals surface area contributed by atoms with Crippen molar-refractivity contribution in [1.82, 2.24) is 40.4 Å². The highest BCUT2D eigenvalue weighted by Crippen LogP contribution is 2.53. The van der Waals surface area contributed by atoms with Gasteiger partial charge in [0.2, 0.25) is 5.91 Å². The lowest BCUT2D eigenvalue weighted by molar-refractivity contribution is -0.140. The zero-order valence-corrected chi connectivity index (χ0v) is 38.9. The Morgan fingerprint density at radius 3 is 2.23 bits per heavy atom. The molecule has 2 aliphatic carbocycles. The van der Waals surface area contributed by atoms with Crippen molar-refractivity contribution in [3.8, 4) is 33.5 Å². The van der Waals surface area contributed by atoms with Gasteiger partial charge in [-0.25, -0.2) is 19.6 Å². The first-order valence-electron chi connectivity index (χ1n) is 24.2. The van der Waals surface area contributed by atoms with Gasteiger partial charge in [-0.3, -0.25) is 9.59 Å². The van der Waals surface area contributed by atoms with Crippen molar-refractivity contribution in [2.24, 2.45) is 11.8 Å². The van der Waals surface area contributed by atoms with Crippen LogP contribution in [0.15, 0.2) is 91.1 Å². The van der Waals surface area contributed by atoms with E-state index in [0.29, 0.717) is 89.7 Å². The normalized spacial score (nSPS) is 22.3. The van der Waals surface area contributed by atoms with Crippen molar-refractivity contribution in [1.29, 1.82) is 0 Å². The maximum Gasteiger partial charge on any atom is 0.407 e. The molecule has 2 bridgehead atoms.